The van der Waals surface area contributed by atoms with Crippen molar-refractivity contribution < 1.29 is 9.90 Å². The number of nitrogens with zero attached hydrogens (tertiary/aromatic N) is 2. The first kappa shape index (κ1) is 14.2. The molecule has 0 fully saturated rings. The number of aromatic carboxylic acids is 1. The SMILES string of the molecule is O=C(O)c1cncc(-n2c(-c3ccccc3)cc3ccccc32)c1. The molecule has 0 amide bonds. The molecule has 2 heterocycles. The van der Waals surface area contributed by atoms with E-state index in [0.717, 1.165) is 27.8 Å². The third-order valence-electron chi connectivity index (χ3n) is 4.01. The summed E-state index contributed by atoms with van der Waals surface area (Å²) < 4.78 is 2.05. The molecule has 2 aromatic carbocycles. The van der Waals surface area contributed by atoms with Gasteiger partial charge in [0.05, 0.1) is 28.7 Å². The Hall–Kier alpha value is -3.40. The first-order chi connectivity index (χ1) is 11.7. The van der Waals surface area contributed by atoms with Crippen LogP contribution in [0.2, 0.25) is 0 Å². The van der Waals surface area contributed by atoms with Gasteiger partial charge in [-0.25, -0.2) is 4.79 Å². The van der Waals surface area contributed by atoms with Crippen molar-refractivity contribution in [2.24, 2.45) is 0 Å². The molecule has 4 heteroatoms. The van der Waals surface area contributed by atoms with E-state index in [2.05, 4.69) is 11.1 Å². The summed E-state index contributed by atoms with van der Waals surface area (Å²) in [5.74, 6) is -0.984. The first-order valence-corrected chi connectivity index (χ1v) is 7.59. The maximum Gasteiger partial charge on any atom is 0.337 e. The monoisotopic (exact) mass is 314 g/mol. The molecule has 0 bridgehead atoms. The number of fused-ring (bicyclic) bond motifs is 1. The summed E-state index contributed by atoms with van der Waals surface area (Å²) in [5.41, 5.74) is 3.98. The van der Waals surface area contributed by atoms with E-state index in [1.807, 2.05) is 59.2 Å². The second-order valence-corrected chi connectivity index (χ2v) is 5.53. The van der Waals surface area contributed by atoms with Crippen molar-refractivity contribution in [3.8, 4) is 16.9 Å². The highest BCUT2D eigenvalue weighted by Gasteiger charge is 2.14. The third-order valence-corrected chi connectivity index (χ3v) is 4.01. The molecule has 1 N–H and O–H groups in total. The Balaban J connectivity index is 2.03. The number of pyridine rings is 1. The maximum absolute atomic E-state index is 11.3. The number of benzene rings is 2. The second-order valence-electron chi connectivity index (χ2n) is 5.53. The molecule has 0 saturated carbocycles. The number of rotatable bonds is 3. The number of carboxylic acid groups (broad SMARTS) is 1. The van der Waals surface area contributed by atoms with Crippen molar-refractivity contribution in [1.82, 2.24) is 9.55 Å². The van der Waals surface area contributed by atoms with Crippen LogP contribution >= 0.6 is 0 Å². The van der Waals surface area contributed by atoms with Crippen LogP contribution in [0, 0.1) is 0 Å². The van der Waals surface area contributed by atoms with Crippen molar-refractivity contribution in [2.75, 3.05) is 0 Å². The van der Waals surface area contributed by atoms with Crippen molar-refractivity contribution in [3.05, 3.63) is 84.7 Å². The van der Waals surface area contributed by atoms with Crippen LogP contribution in [0.25, 0.3) is 27.8 Å². The van der Waals surface area contributed by atoms with Crippen LogP contribution in [0.15, 0.2) is 79.1 Å². The summed E-state index contributed by atoms with van der Waals surface area (Å²) >= 11 is 0. The Morgan fingerprint density at radius 1 is 0.917 bits per heavy atom. The molecule has 0 atom stereocenters. The zero-order valence-corrected chi connectivity index (χ0v) is 12.8. The Kier molecular flexibility index (Phi) is 3.35. The van der Waals surface area contributed by atoms with Gasteiger partial charge in [-0.2, -0.15) is 0 Å². The van der Waals surface area contributed by atoms with Gasteiger partial charge in [-0.15, -0.1) is 0 Å². The summed E-state index contributed by atoms with van der Waals surface area (Å²) in [6, 6.07) is 21.8. The van der Waals surface area contributed by atoms with Crippen LogP contribution in [-0.2, 0) is 0 Å². The second kappa shape index (κ2) is 5.66. The Morgan fingerprint density at radius 2 is 1.67 bits per heavy atom. The van der Waals surface area contributed by atoms with Crippen molar-refractivity contribution in [1.29, 1.82) is 0 Å². The van der Waals surface area contributed by atoms with E-state index in [1.54, 1.807) is 12.3 Å². The number of para-hydroxylation sites is 1. The van der Waals surface area contributed by atoms with Crippen molar-refractivity contribution in [2.45, 2.75) is 0 Å². The molecule has 0 spiro atoms. The molecule has 4 nitrogen and oxygen atoms in total. The lowest BCUT2D eigenvalue weighted by Crippen LogP contribution is -2.02. The predicted octanol–water partition coefficient (Wildman–Crippen LogP) is 4.39. The van der Waals surface area contributed by atoms with Gasteiger partial charge in [0.25, 0.3) is 0 Å². The van der Waals surface area contributed by atoms with E-state index in [4.69, 9.17) is 0 Å². The molecule has 0 aliphatic carbocycles. The number of hydrogen-bond acceptors (Lipinski definition) is 2. The minimum absolute atomic E-state index is 0.171. The van der Waals surface area contributed by atoms with E-state index in [1.165, 1.54) is 6.20 Å². The largest absolute Gasteiger partial charge is 0.478 e. The van der Waals surface area contributed by atoms with Crippen molar-refractivity contribution >= 4 is 16.9 Å². The molecule has 0 aliphatic heterocycles. The highest BCUT2D eigenvalue weighted by molar-refractivity contribution is 5.91. The lowest BCUT2D eigenvalue weighted by atomic mass is 10.1. The van der Waals surface area contributed by atoms with E-state index in [0.29, 0.717) is 0 Å². The average molecular weight is 314 g/mol. The van der Waals surface area contributed by atoms with Crippen LogP contribution in [0.1, 0.15) is 10.4 Å². The van der Waals surface area contributed by atoms with Gasteiger partial charge in [-0.1, -0.05) is 48.5 Å². The zero-order valence-electron chi connectivity index (χ0n) is 12.8. The third kappa shape index (κ3) is 2.34. The summed E-state index contributed by atoms with van der Waals surface area (Å²) in [7, 11) is 0. The van der Waals surface area contributed by atoms with E-state index in [-0.39, 0.29) is 5.56 Å². The fourth-order valence-electron chi connectivity index (χ4n) is 2.92. The topological polar surface area (TPSA) is 55.1 Å². The average Bonchev–Trinajstić information content (AvgIpc) is 3.02. The summed E-state index contributed by atoms with van der Waals surface area (Å²) in [4.78, 5) is 15.4. The van der Waals surface area contributed by atoms with Crippen LogP contribution in [0.5, 0.6) is 0 Å². The smallest absolute Gasteiger partial charge is 0.337 e. The molecule has 4 aromatic rings. The normalized spacial score (nSPS) is 10.8. The lowest BCUT2D eigenvalue weighted by molar-refractivity contribution is 0.0696. The van der Waals surface area contributed by atoms with Crippen molar-refractivity contribution in [3.63, 3.8) is 0 Å². The van der Waals surface area contributed by atoms with Crippen LogP contribution in [-0.4, -0.2) is 20.6 Å². The fraction of sp³-hybridized carbons (Fsp3) is 0. The van der Waals surface area contributed by atoms with Gasteiger partial charge in [0.1, 0.15) is 0 Å². The molecular formula is C20H14N2O2. The quantitative estimate of drug-likeness (QED) is 0.610. The summed E-state index contributed by atoms with van der Waals surface area (Å²) in [6.07, 6.45) is 3.05. The standard InChI is InChI=1S/C20H14N2O2/c23-20(24)16-10-17(13-21-12-16)22-18-9-5-4-8-15(18)11-19(22)14-6-2-1-3-7-14/h1-13H,(H,23,24). The predicted molar refractivity (Wildman–Crippen MR) is 93.5 cm³/mol. The van der Waals surface area contributed by atoms with Gasteiger partial charge in [0.2, 0.25) is 0 Å². The van der Waals surface area contributed by atoms with Crippen LogP contribution in [0.3, 0.4) is 0 Å². The summed E-state index contributed by atoms with van der Waals surface area (Å²) in [6.45, 7) is 0. The number of hydrogen-bond donors (Lipinski definition) is 1. The highest BCUT2D eigenvalue weighted by atomic mass is 16.4. The minimum atomic E-state index is -0.984. The molecular weight excluding hydrogens is 300 g/mol. The molecule has 0 radical (unpaired) electrons. The first-order valence-electron chi connectivity index (χ1n) is 7.59. The van der Waals surface area contributed by atoms with Gasteiger partial charge in [0, 0.05) is 11.6 Å². The fourth-order valence-corrected chi connectivity index (χ4v) is 2.92. The number of aromatic nitrogens is 2. The van der Waals surface area contributed by atoms with Gasteiger partial charge in [0.15, 0.2) is 0 Å². The molecule has 0 aliphatic rings. The van der Waals surface area contributed by atoms with Crippen LogP contribution in [0.4, 0.5) is 0 Å². The highest BCUT2D eigenvalue weighted by Crippen LogP contribution is 2.31. The van der Waals surface area contributed by atoms with Gasteiger partial charge in [-0.05, 0) is 23.8 Å². The van der Waals surface area contributed by atoms with Gasteiger partial charge >= 0.3 is 5.97 Å². The summed E-state index contributed by atoms with van der Waals surface area (Å²) in [5, 5.41) is 10.4. The zero-order chi connectivity index (χ0) is 16.5. The maximum atomic E-state index is 11.3. The molecule has 24 heavy (non-hydrogen) atoms. The van der Waals surface area contributed by atoms with E-state index >= 15 is 0 Å². The number of carbonyl (C=O) groups is 1. The Labute approximate surface area is 138 Å². The van der Waals surface area contributed by atoms with Gasteiger partial charge < -0.3 is 9.67 Å². The molecule has 4 rings (SSSR count). The molecule has 0 saturated heterocycles. The molecule has 2 aromatic heterocycles. The van der Waals surface area contributed by atoms with E-state index in [9.17, 15) is 9.90 Å². The lowest BCUT2D eigenvalue weighted by Gasteiger charge is -2.11. The minimum Gasteiger partial charge on any atom is -0.478 e. The van der Waals surface area contributed by atoms with E-state index < -0.39 is 5.97 Å². The number of carboxylic acids is 1. The van der Waals surface area contributed by atoms with Gasteiger partial charge in [-0.3, -0.25) is 4.98 Å². The Morgan fingerprint density at radius 3 is 2.46 bits per heavy atom. The van der Waals surface area contributed by atoms with Crippen LogP contribution < -0.4 is 0 Å². The Bertz CT molecular complexity index is 1040. The molecule has 0 unspecified atom stereocenters. The molecule has 116 valence electrons.